The fourth-order valence-electron chi connectivity index (χ4n) is 2.41. The highest BCUT2D eigenvalue weighted by molar-refractivity contribution is 7.92. The van der Waals surface area contributed by atoms with Gasteiger partial charge in [0.1, 0.15) is 0 Å². The first-order valence-electron chi connectivity index (χ1n) is 8.40. The van der Waals surface area contributed by atoms with Crippen molar-refractivity contribution in [3.8, 4) is 0 Å². The summed E-state index contributed by atoms with van der Waals surface area (Å²) in [6, 6.07) is 13.0. The molecule has 0 aliphatic heterocycles. The summed E-state index contributed by atoms with van der Waals surface area (Å²) in [7, 11) is 0.266. The predicted molar refractivity (Wildman–Crippen MR) is 104 cm³/mol. The summed E-state index contributed by atoms with van der Waals surface area (Å²) >= 11 is 0. The molecule has 0 radical (unpaired) electrons. The van der Waals surface area contributed by atoms with E-state index in [0.717, 1.165) is 18.5 Å². The number of sulfonamides is 1. The normalized spacial score (nSPS) is 11.4. The Bertz CT molecular complexity index is 847. The molecular weight excluding hydrogens is 350 g/mol. The van der Waals surface area contributed by atoms with Crippen molar-refractivity contribution in [1.29, 1.82) is 0 Å². The molecule has 0 spiro atoms. The van der Waals surface area contributed by atoms with Crippen LogP contribution in [0.5, 0.6) is 0 Å². The number of hydrogen-bond acceptors (Lipinski definition) is 4. The molecule has 0 saturated heterocycles. The van der Waals surface area contributed by atoms with E-state index in [1.165, 1.54) is 24.3 Å². The van der Waals surface area contributed by atoms with Crippen molar-refractivity contribution in [2.75, 3.05) is 31.9 Å². The number of carbonyl (C=O) groups is 1. The van der Waals surface area contributed by atoms with Gasteiger partial charge in [-0.1, -0.05) is 12.1 Å². The molecule has 2 aromatic carbocycles. The van der Waals surface area contributed by atoms with Crippen LogP contribution in [0.1, 0.15) is 22.3 Å². The van der Waals surface area contributed by atoms with Crippen LogP contribution in [-0.2, 0) is 10.0 Å². The van der Waals surface area contributed by atoms with Gasteiger partial charge < -0.3 is 10.2 Å². The van der Waals surface area contributed by atoms with Gasteiger partial charge in [-0.25, -0.2) is 8.42 Å². The Morgan fingerprint density at radius 1 is 1.08 bits per heavy atom. The molecule has 0 atom stereocenters. The highest BCUT2D eigenvalue weighted by atomic mass is 32.2. The van der Waals surface area contributed by atoms with Gasteiger partial charge in [0, 0.05) is 17.8 Å². The van der Waals surface area contributed by atoms with Crippen LogP contribution < -0.4 is 10.0 Å². The van der Waals surface area contributed by atoms with Crippen molar-refractivity contribution in [2.24, 2.45) is 0 Å². The third-order valence-electron chi connectivity index (χ3n) is 3.76. The third kappa shape index (κ3) is 5.86. The van der Waals surface area contributed by atoms with E-state index in [2.05, 4.69) is 10.0 Å². The summed E-state index contributed by atoms with van der Waals surface area (Å²) < 4.78 is 27.4. The number of benzene rings is 2. The standard InChI is InChI=1S/C19H25N3O3S/c1-15-6-4-7-17(14-15)21-26(24,25)18-10-8-16(9-11-18)19(23)20-12-5-13-22(2)3/h4,6-11,14,21H,5,12-13H2,1-3H3,(H,20,23). The van der Waals surface area contributed by atoms with Gasteiger partial charge in [-0.05, 0) is 75.9 Å². The molecule has 2 rings (SSSR count). The summed E-state index contributed by atoms with van der Waals surface area (Å²) in [4.78, 5) is 14.3. The number of amides is 1. The van der Waals surface area contributed by atoms with Crippen LogP contribution in [0.4, 0.5) is 5.69 Å². The smallest absolute Gasteiger partial charge is 0.261 e. The number of rotatable bonds is 8. The van der Waals surface area contributed by atoms with Gasteiger partial charge in [0.05, 0.1) is 4.90 Å². The van der Waals surface area contributed by atoms with Crippen LogP contribution >= 0.6 is 0 Å². The van der Waals surface area contributed by atoms with Gasteiger partial charge in [0.25, 0.3) is 15.9 Å². The Morgan fingerprint density at radius 2 is 1.77 bits per heavy atom. The van der Waals surface area contributed by atoms with Gasteiger partial charge in [-0.2, -0.15) is 0 Å². The average molecular weight is 375 g/mol. The quantitative estimate of drug-likeness (QED) is 0.695. The fraction of sp³-hybridized carbons (Fsp3) is 0.316. The zero-order chi connectivity index (χ0) is 19.2. The Balaban J connectivity index is 2.00. The summed E-state index contributed by atoms with van der Waals surface area (Å²) in [5.74, 6) is -0.209. The minimum Gasteiger partial charge on any atom is -0.352 e. The summed E-state index contributed by atoms with van der Waals surface area (Å²) in [5.41, 5.74) is 1.91. The van der Waals surface area contributed by atoms with Crippen molar-refractivity contribution in [3.63, 3.8) is 0 Å². The number of aryl methyl sites for hydroxylation is 1. The topological polar surface area (TPSA) is 78.5 Å². The summed E-state index contributed by atoms with van der Waals surface area (Å²) in [6.07, 6.45) is 0.853. The van der Waals surface area contributed by atoms with E-state index in [9.17, 15) is 13.2 Å². The largest absolute Gasteiger partial charge is 0.352 e. The van der Waals surface area contributed by atoms with Gasteiger partial charge in [-0.15, -0.1) is 0 Å². The fourth-order valence-corrected chi connectivity index (χ4v) is 3.46. The second-order valence-corrected chi connectivity index (χ2v) is 8.09. The molecule has 140 valence electrons. The molecule has 7 heteroatoms. The lowest BCUT2D eigenvalue weighted by atomic mass is 10.2. The summed E-state index contributed by atoms with van der Waals surface area (Å²) in [5, 5.41) is 2.83. The molecule has 1 amide bonds. The maximum atomic E-state index is 12.5. The number of anilines is 1. The van der Waals surface area contributed by atoms with E-state index >= 15 is 0 Å². The molecule has 0 aromatic heterocycles. The molecule has 0 saturated carbocycles. The van der Waals surface area contributed by atoms with Crippen LogP contribution in [-0.4, -0.2) is 46.4 Å². The van der Waals surface area contributed by atoms with Crippen LogP contribution in [0, 0.1) is 6.92 Å². The van der Waals surface area contributed by atoms with Crippen LogP contribution in [0.15, 0.2) is 53.4 Å². The second-order valence-electron chi connectivity index (χ2n) is 6.41. The Morgan fingerprint density at radius 3 is 2.38 bits per heavy atom. The van der Waals surface area contributed by atoms with Crippen LogP contribution in [0.2, 0.25) is 0 Å². The molecule has 0 aliphatic rings. The van der Waals surface area contributed by atoms with E-state index < -0.39 is 10.0 Å². The monoisotopic (exact) mass is 375 g/mol. The molecule has 2 N–H and O–H groups in total. The third-order valence-corrected chi connectivity index (χ3v) is 5.16. The molecule has 2 aromatic rings. The predicted octanol–water partition coefficient (Wildman–Crippen LogP) is 2.48. The lowest BCUT2D eigenvalue weighted by Crippen LogP contribution is -2.27. The lowest BCUT2D eigenvalue weighted by molar-refractivity contribution is 0.0952. The average Bonchev–Trinajstić information content (AvgIpc) is 2.58. The SMILES string of the molecule is Cc1cccc(NS(=O)(=O)c2ccc(C(=O)NCCCN(C)C)cc2)c1. The minimum atomic E-state index is -3.69. The van der Waals surface area contributed by atoms with Crippen molar-refractivity contribution in [3.05, 3.63) is 59.7 Å². The number of nitrogens with one attached hydrogen (secondary N) is 2. The number of hydrogen-bond donors (Lipinski definition) is 2. The van der Waals surface area contributed by atoms with E-state index in [0.29, 0.717) is 17.8 Å². The molecule has 0 fully saturated rings. The van der Waals surface area contributed by atoms with Crippen molar-refractivity contribution in [2.45, 2.75) is 18.2 Å². The number of carbonyl (C=O) groups excluding carboxylic acids is 1. The molecule has 0 aliphatic carbocycles. The molecule has 0 heterocycles. The van der Waals surface area contributed by atoms with E-state index in [-0.39, 0.29) is 10.8 Å². The molecule has 6 nitrogen and oxygen atoms in total. The van der Waals surface area contributed by atoms with Crippen molar-refractivity contribution in [1.82, 2.24) is 10.2 Å². The van der Waals surface area contributed by atoms with Crippen LogP contribution in [0.25, 0.3) is 0 Å². The van der Waals surface area contributed by atoms with Crippen molar-refractivity contribution >= 4 is 21.6 Å². The Hall–Kier alpha value is -2.38. The first-order valence-corrected chi connectivity index (χ1v) is 9.89. The minimum absolute atomic E-state index is 0.114. The van der Waals surface area contributed by atoms with Gasteiger partial charge in [-0.3, -0.25) is 9.52 Å². The lowest BCUT2D eigenvalue weighted by Gasteiger charge is -2.11. The number of nitrogens with zero attached hydrogens (tertiary/aromatic N) is 1. The van der Waals surface area contributed by atoms with Crippen molar-refractivity contribution < 1.29 is 13.2 Å². The van der Waals surface area contributed by atoms with E-state index in [4.69, 9.17) is 0 Å². The molecule has 0 bridgehead atoms. The maximum Gasteiger partial charge on any atom is 0.261 e. The molecule has 26 heavy (non-hydrogen) atoms. The Kier molecular flexibility index (Phi) is 6.76. The van der Waals surface area contributed by atoms with Crippen LogP contribution in [0.3, 0.4) is 0 Å². The van der Waals surface area contributed by atoms with Gasteiger partial charge in [0.15, 0.2) is 0 Å². The van der Waals surface area contributed by atoms with Gasteiger partial charge >= 0.3 is 0 Å². The zero-order valence-corrected chi connectivity index (χ0v) is 16.1. The Labute approximate surface area is 155 Å². The highest BCUT2D eigenvalue weighted by Gasteiger charge is 2.15. The van der Waals surface area contributed by atoms with E-state index in [1.54, 1.807) is 18.2 Å². The highest BCUT2D eigenvalue weighted by Crippen LogP contribution is 2.17. The zero-order valence-electron chi connectivity index (χ0n) is 15.3. The van der Waals surface area contributed by atoms with Gasteiger partial charge in [0.2, 0.25) is 0 Å². The maximum absolute atomic E-state index is 12.5. The van der Waals surface area contributed by atoms with E-state index in [1.807, 2.05) is 32.0 Å². The molecule has 0 unspecified atom stereocenters. The summed E-state index contributed by atoms with van der Waals surface area (Å²) in [6.45, 7) is 3.36. The second kappa shape index (κ2) is 8.82. The molecular formula is C19H25N3O3S. The first kappa shape index (κ1) is 19.9. The first-order chi connectivity index (χ1) is 12.3.